The molecule has 2 aromatic rings. The number of nitrogens with zero attached hydrogens (tertiary/aromatic N) is 3. The van der Waals surface area contributed by atoms with Crippen molar-refractivity contribution in [3.63, 3.8) is 0 Å². The number of aryl methyl sites for hydroxylation is 1. The Balaban J connectivity index is 1.91. The molecule has 1 amide bonds. The molecule has 1 N–H and O–H groups in total. The van der Waals surface area contributed by atoms with Crippen LogP contribution in [0.5, 0.6) is 0 Å². The molecule has 2 heterocycles. The van der Waals surface area contributed by atoms with Crippen molar-refractivity contribution in [2.45, 2.75) is 26.3 Å². The van der Waals surface area contributed by atoms with Gasteiger partial charge in [-0.05, 0) is 17.7 Å². The number of aromatic carboxylic acids is 1. The van der Waals surface area contributed by atoms with Gasteiger partial charge in [0.05, 0.1) is 18.5 Å². The Morgan fingerprint density at radius 2 is 2.29 bits per heavy atom. The molecular weight excluding hydrogens is 274 g/mol. The number of aromatic nitrogens is 2. The molecule has 0 atom stereocenters. The zero-order valence-corrected chi connectivity index (χ0v) is 11.4. The Morgan fingerprint density at radius 1 is 1.48 bits per heavy atom. The summed E-state index contributed by atoms with van der Waals surface area (Å²) < 4.78 is 5.02. The van der Waals surface area contributed by atoms with E-state index in [-0.39, 0.29) is 24.4 Å². The predicted octanol–water partition coefficient (Wildman–Crippen LogP) is 1.42. The van der Waals surface area contributed by atoms with E-state index in [1.54, 1.807) is 6.07 Å². The van der Waals surface area contributed by atoms with Crippen LogP contribution in [0.25, 0.3) is 0 Å². The number of hydrogen-bond acceptors (Lipinski definition) is 5. The van der Waals surface area contributed by atoms with Crippen LogP contribution in [0.4, 0.5) is 5.69 Å². The lowest BCUT2D eigenvalue weighted by Gasteiger charge is -2.15. The molecule has 7 nitrogen and oxygen atoms in total. The van der Waals surface area contributed by atoms with Crippen molar-refractivity contribution < 1.29 is 19.2 Å². The quantitative estimate of drug-likeness (QED) is 0.913. The summed E-state index contributed by atoms with van der Waals surface area (Å²) in [6, 6.07) is 4.68. The molecule has 0 bridgehead atoms. The highest BCUT2D eigenvalue weighted by molar-refractivity contribution is 6.02. The van der Waals surface area contributed by atoms with Gasteiger partial charge in [-0.1, -0.05) is 18.1 Å². The Kier molecular flexibility index (Phi) is 3.17. The predicted molar refractivity (Wildman–Crippen MR) is 72.0 cm³/mol. The van der Waals surface area contributed by atoms with E-state index in [1.807, 2.05) is 6.92 Å². The lowest BCUT2D eigenvalue weighted by molar-refractivity contribution is -0.117. The maximum atomic E-state index is 12.1. The van der Waals surface area contributed by atoms with Gasteiger partial charge in [-0.2, -0.15) is 4.98 Å². The first kappa shape index (κ1) is 13.3. The van der Waals surface area contributed by atoms with Gasteiger partial charge < -0.3 is 14.5 Å². The second-order valence-corrected chi connectivity index (χ2v) is 4.76. The first-order valence-corrected chi connectivity index (χ1v) is 6.56. The number of carbonyl (C=O) groups is 2. The summed E-state index contributed by atoms with van der Waals surface area (Å²) in [7, 11) is 0. The van der Waals surface area contributed by atoms with Gasteiger partial charge in [0.15, 0.2) is 5.82 Å². The summed E-state index contributed by atoms with van der Waals surface area (Å²) >= 11 is 0. The van der Waals surface area contributed by atoms with Crippen LogP contribution >= 0.6 is 0 Å². The number of fused-ring (bicyclic) bond motifs is 1. The van der Waals surface area contributed by atoms with E-state index in [0.717, 1.165) is 5.56 Å². The molecule has 108 valence electrons. The molecule has 0 unspecified atom stereocenters. The fraction of sp³-hybridized carbons (Fsp3) is 0.286. The molecule has 7 heteroatoms. The minimum Gasteiger partial charge on any atom is -0.478 e. The van der Waals surface area contributed by atoms with E-state index in [1.165, 1.54) is 17.0 Å². The zero-order valence-electron chi connectivity index (χ0n) is 11.4. The molecule has 0 saturated heterocycles. The minimum atomic E-state index is -1.02. The van der Waals surface area contributed by atoms with Crippen LogP contribution in [0.15, 0.2) is 22.7 Å². The van der Waals surface area contributed by atoms with Crippen LogP contribution in [-0.4, -0.2) is 27.1 Å². The third kappa shape index (κ3) is 2.37. The second-order valence-electron chi connectivity index (χ2n) is 4.76. The Hall–Kier alpha value is -2.70. The number of amides is 1. The maximum Gasteiger partial charge on any atom is 0.335 e. The number of rotatable bonds is 4. The number of hydrogen-bond donors (Lipinski definition) is 1. The van der Waals surface area contributed by atoms with Gasteiger partial charge in [0, 0.05) is 12.1 Å². The molecule has 1 aromatic heterocycles. The highest BCUT2D eigenvalue weighted by Crippen LogP contribution is 2.31. The first-order valence-electron chi connectivity index (χ1n) is 6.56. The normalized spacial score (nSPS) is 13.6. The van der Waals surface area contributed by atoms with Crippen LogP contribution < -0.4 is 4.90 Å². The fourth-order valence-corrected chi connectivity index (χ4v) is 2.30. The lowest BCUT2D eigenvalue weighted by Crippen LogP contribution is -2.26. The van der Waals surface area contributed by atoms with E-state index in [2.05, 4.69) is 10.1 Å². The largest absolute Gasteiger partial charge is 0.478 e. The van der Waals surface area contributed by atoms with Crippen molar-refractivity contribution >= 4 is 17.6 Å². The van der Waals surface area contributed by atoms with E-state index in [4.69, 9.17) is 9.63 Å². The third-order valence-electron chi connectivity index (χ3n) is 3.38. The molecule has 0 radical (unpaired) electrons. The van der Waals surface area contributed by atoms with E-state index < -0.39 is 5.97 Å². The van der Waals surface area contributed by atoms with Crippen LogP contribution in [0.3, 0.4) is 0 Å². The standard InChI is InChI=1S/C14H13N3O4/c1-2-12-15-11(16-21-12)7-17-10-5-9(14(19)20)4-3-8(10)6-13(17)18/h3-5H,2,6-7H2,1H3,(H,19,20). The molecule has 1 aliphatic rings. The zero-order chi connectivity index (χ0) is 15.0. The number of anilines is 1. The summed E-state index contributed by atoms with van der Waals surface area (Å²) in [5.74, 6) is -0.203. The molecule has 0 saturated carbocycles. The Bertz CT molecular complexity index is 723. The molecule has 0 aliphatic carbocycles. The van der Waals surface area contributed by atoms with E-state index in [0.29, 0.717) is 23.8 Å². The van der Waals surface area contributed by atoms with Gasteiger partial charge >= 0.3 is 5.97 Å². The maximum absolute atomic E-state index is 12.1. The van der Waals surface area contributed by atoms with Crippen molar-refractivity contribution in [3.05, 3.63) is 41.0 Å². The van der Waals surface area contributed by atoms with Gasteiger partial charge in [-0.15, -0.1) is 0 Å². The summed E-state index contributed by atoms with van der Waals surface area (Å²) in [4.78, 5) is 28.8. The number of carboxylic acid groups (broad SMARTS) is 1. The van der Waals surface area contributed by atoms with Crippen LogP contribution in [0.2, 0.25) is 0 Å². The van der Waals surface area contributed by atoms with Crippen LogP contribution in [0, 0.1) is 0 Å². The van der Waals surface area contributed by atoms with Crippen molar-refractivity contribution in [2.24, 2.45) is 0 Å². The summed E-state index contributed by atoms with van der Waals surface area (Å²) in [5.41, 5.74) is 1.56. The van der Waals surface area contributed by atoms with Crippen LogP contribution in [0.1, 0.15) is 34.6 Å². The molecule has 1 aliphatic heterocycles. The number of benzene rings is 1. The second kappa shape index (κ2) is 5.01. The van der Waals surface area contributed by atoms with Crippen molar-refractivity contribution in [1.29, 1.82) is 0 Å². The monoisotopic (exact) mass is 287 g/mol. The van der Waals surface area contributed by atoms with Gasteiger partial charge in [0.1, 0.15) is 0 Å². The van der Waals surface area contributed by atoms with Gasteiger partial charge in [-0.3, -0.25) is 4.79 Å². The molecule has 0 spiro atoms. The summed E-state index contributed by atoms with van der Waals surface area (Å²) in [5, 5.41) is 12.9. The average Bonchev–Trinajstić information content (AvgIpc) is 3.04. The average molecular weight is 287 g/mol. The SMILES string of the molecule is CCc1nc(CN2C(=O)Cc3ccc(C(=O)O)cc32)no1. The highest BCUT2D eigenvalue weighted by atomic mass is 16.5. The molecule has 21 heavy (non-hydrogen) atoms. The van der Waals surface area contributed by atoms with E-state index in [9.17, 15) is 9.59 Å². The van der Waals surface area contributed by atoms with Crippen molar-refractivity contribution in [2.75, 3.05) is 4.90 Å². The van der Waals surface area contributed by atoms with E-state index >= 15 is 0 Å². The lowest BCUT2D eigenvalue weighted by atomic mass is 10.1. The number of carbonyl (C=O) groups excluding carboxylic acids is 1. The Morgan fingerprint density at radius 3 is 2.95 bits per heavy atom. The van der Waals surface area contributed by atoms with Gasteiger partial charge in [0.25, 0.3) is 0 Å². The topological polar surface area (TPSA) is 96.5 Å². The molecule has 1 aromatic carbocycles. The van der Waals surface area contributed by atoms with Gasteiger partial charge in [-0.25, -0.2) is 4.79 Å². The number of carboxylic acids is 1. The minimum absolute atomic E-state index is 0.101. The first-order chi connectivity index (χ1) is 10.1. The smallest absolute Gasteiger partial charge is 0.335 e. The molecule has 3 rings (SSSR count). The van der Waals surface area contributed by atoms with Crippen molar-refractivity contribution in [3.8, 4) is 0 Å². The molecule has 0 fully saturated rings. The Labute approximate surface area is 120 Å². The fourth-order valence-electron chi connectivity index (χ4n) is 2.30. The van der Waals surface area contributed by atoms with Gasteiger partial charge in [0.2, 0.25) is 11.8 Å². The summed E-state index contributed by atoms with van der Waals surface area (Å²) in [6.45, 7) is 2.07. The highest BCUT2D eigenvalue weighted by Gasteiger charge is 2.29. The van der Waals surface area contributed by atoms with Crippen molar-refractivity contribution in [1.82, 2.24) is 10.1 Å². The molecular formula is C14H13N3O4. The summed E-state index contributed by atoms with van der Waals surface area (Å²) in [6.07, 6.45) is 0.883. The third-order valence-corrected chi connectivity index (χ3v) is 3.38. The van der Waals surface area contributed by atoms with Crippen LogP contribution in [-0.2, 0) is 24.2 Å².